The summed E-state index contributed by atoms with van der Waals surface area (Å²) in [7, 11) is 0. The second kappa shape index (κ2) is 19.9. The van der Waals surface area contributed by atoms with Gasteiger partial charge in [-0.05, 0) is 134 Å². The molecule has 11 aromatic carbocycles. The Hall–Kier alpha value is -8.73. The van der Waals surface area contributed by atoms with Crippen molar-refractivity contribution in [3.8, 4) is 67.1 Å². The van der Waals surface area contributed by atoms with Crippen molar-refractivity contribution in [1.82, 2.24) is 0 Å². The molecule has 12 rings (SSSR count). The van der Waals surface area contributed by atoms with Gasteiger partial charge in [-0.15, -0.1) is 0 Å². The van der Waals surface area contributed by atoms with Crippen LogP contribution in [0, 0.1) is 47.4 Å². The molecule has 0 aromatic heterocycles. The average Bonchev–Trinajstić information content (AvgIpc) is 3.41. The topological polar surface area (TPSA) is 12.5 Å². The van der Waals surface area contributed by atoms with Gasteiger partial charge in [-0.3, -0.25) is 0 Å². The number of fused-ring (bicyclic) bond motifs is 2. The van der Waals surface area contributed by atoms with E-state index in [1.165, 1.54) is 60.7 Å². The van der Waals surface area contributed by atoms with Crippen LogP contribution in [0.4, 0.5) is 21.5 Å². The van der Waals surface area contributed by atoms with Crippen LogP contribution in [0.5, 0.6) is 11.5 Å². The predicted octanol–water partition coefficient (Wildman–Crippen LogP) is 17.9. The fourth-order valence-electron chi connectivity index (χ4n) is 12.0. The van der Waals surface area contributed by atoms with Gasteiger partial charge < -0.3 is 9.64 Å². The van der Waals surface area contributed by atoms with Crippen molar-refractivity contribution in [2.24, 2.45) is 0 Å². The van der Waals surface area contributed by atoms with E-state index in [0.29, 0.717) is 5.69 Å². The Morgan fingerprint density at radius 1 is 0.387 bits per heavy atom. The Morgan fingerprint density at radius 3 is 1.52 bits per heavy atom. The zero-order chi connectivity index (χ0) is 50.6. The maximum atomic E-state index is 17.6. The largest absolute Gasteiger partial charge is 0.456 e. The van der Waals surface area contributed by atoms with Crippen LogP contribution in [-0.2, 0) is 0 Å². The molecule has 75 heavy (non-hydrogen) atoms. The lowest BCUT2D eigenvalue weighted by molar-refractivity contribution is 0.487. The number of hydrogen-bond donors (Lipinski definition) is 0. The molecule has 1 aliphatic rings. The average molecular weight is 972 g/mol. The normalized spacial score (nSPS) is 11.4. The molecule has 11 aromatic rings. The van der Waals surface area contributed by atoms with Crippen molar-refractivity contribution in [3.63, 3.8) is 0 Å². The third-order valence-corrected chi connectivity index (χ3v) is 15.1. The van der Waals surface area contributed by atoms with E-state index in [0.717, 1.165) is 78.3 Å². The first kappa shape index (κ1) is 48.5. The Morgan fingerprint density at radius 2 is 0.907 bits per heavy atom. The summed E-state index contributed by atoms with van der Waals surface area (Å²) >= 11 is 0. The number of ether oxygens (including phenoxy) is 1. The van der Waals surface area contributed by atoms with Crippen LogP contribution >= 0.6 is 0 Å². The Labute approximate surface area is 442 Å². The lowest BCUT2D eigenvalue weighted by Crippen LogP contribution is -2.56. The highest BCUT2D eigenvalue weighted by Crippen LogP contribution is 2.50. The van der Waals surface area contributed by atoms with E-state index < -0.39 is 0 Å². The van der Waals surface area contributed by atoms with E-state index in [1.807, 2.05) is 78.9 Å². The fraction of sp³-hybridized carbons (Fsp3) is 0.0986. The molecule has 2 nitrogen and oxygen atoms in total. The van der Waals surface area contributed by atoms with Crippen LogP contribution in [0.25, 0.3) is 66.4 Å². The zero-order valence-corrected chi connectivity index (χ0v) is 42.7. The quantitative estimate of drug-likeness (QED) is 0.127. The summed E-state index contributed by atoms with van der Waals surface area (Å²) in [5.41, 5.74) is 23.8. The molecule has 0 aliphatic carbocycles. The molecule has 1 aliphatic heterocycles. The molecule has 0 atom stereocenters. The molecule has 1 heterocycles. The van der Waals surface area contributed by atoms with E-state index in [-0.39, 0.29) is 20.0 Å². The van der Waals surface area contributed by atoms with Gasteiger partial charge in [-0.1, -0.05) is 233 Å². The van der Waals surface area contributed by atoms with Crippen LogP contribution in [0.1, 0.15) is 40.8 Å². The number of para-hydroxylation sites is 1. The summed E-state index contributed by atoms with van der Waals surface area (Å²) in [5.74, 6) is 1.36. The molecule has 0 unspecified atom stereocenters. The Balaban J connectivity index is 0.00000602. The molecule has 364 valence electrons. The monoisotopic (exact) mass is 971 g/mol. The smallest absolute Gasteiger partial charge is 0.243 e. The molecule has 0 N–H and O–H groups in total. The van der Waals surface area contributed by atoms with Gasteiger partial charge in [-0.2, -0.15) is 0 Å². The SMILES string of the molecule is C.Cc1cc(C)c(B(c2c(C)cc(C)cc2C)c2ccc3c4c(cccc24)Oc2cc(-c4ccc(N(c5ccccc5-c5ccccc5)c5c(F)cc(-c6ccccc6)cc5-c5ccccc5)cc4)ccc2-3)c(C)c1. The third-order valence-electron chi connectivity index (χ3n) is 15.1. The van der Waals surface area contributed by atoms with E-state index in [4.69, 9.17) is 4.74 Å². The van der Waals surface area contributed by atoms with Crippen LogP contribution in [0.15, 0.2) is 224 Å². The first-order valence-electron chi connectivity index (χ1n) is 25.6. The molecular formula is C71H59BFNO. The molecule has 4 heteroatoms. The van der Waals surface area contributed by atoms with Crippen molar-refractivity contribution >= 4 is 50.9 Å². The maximum Gasteiger partial charge on any atom is 0.243 e. The van der Waals surface area contributed by atoms with Gasteiger partial charge in [0.1, 0.15) is 17.3 Å². The second-order valence-corrected chi connectivity index (χ2v) is 20.1. The summed E-state index contributed by atoms with van der Waals surface area (Å²) in [6.45, 7) is 13.5. The van der Waals surface area contributed by atoms with Crippen LogP contribution < -0.4 is 26.0 Å². The van der Waals surface area contributed by atoms with Crippen LogP contribution in [-0.4, -0.2) is 6.71 Å². The lowest BCUT2D eigenvalue weighted by atomic mass is 9.33. The molecule has 0 amide bonds. The standard InChI is InChI=1S/C70H55BFNO.CH4/c1-44-37-46(3)68(47(4)38-44)71(69-48(5)39-45(2)40-49(69)6)62-36-35-59-58-34-31-54(43-66(58)74-65-28-18-26-60(62)67(59)65)51-29-32-56(33-30-51)73(64-27-17-16-25-57(64)52-21-12-8-13-22-52)70-61(53-23-14-9-15-24-53)41-55(42-63(70)72)50-19-10-7-11-20-50;/h7-43H,1-6H3;1H4. The summed E-state index contributed by atoms with van der Waals surface area (Å²) in [4.78, 5) is 2.09. The molecule has 0 fully saturated rings. The van der Waals surface area contributed by atoms with Gasteiger partial charge in [-0.25, -0.2) is 4.39 Å². The highest BCUT2D eigenvalue weighted by atomic mass is 19.1. The molecule has 0 radical (unpaired) electrons. The van der Waals surface area contributed by atoms with Crippen molar-refractivity contribution < 1.29 is 9.13 Å². The summed E-state index contributed by atoms with van der Waals surface area (Å²) < 4.78 is 24.6. The molecule has 0 bridgehead atoms. The molecular weight excluding hydrogens is 913 g/mol. The van der Waals surface area contributed by atoms with E-state index in [9.17, 15) is 0 Å². The zero-order valence-electron chi connectivity index (χ0n) is 42.7. The van der Waals surface area contributed by atoms with Gasteiger partial charge in [0.05, 0.1) is 11.4 Å². The second-order valence-electron chi connectivity index (χ2n) is 20.1. The molecule has 0 saturated heterocycles. The number of halogens is 1. The Bertz CT molecular complexity index is 3840. The summed E-state index contributed by atoms with van der Waals surface area (Å²) in [5, 5.41) is 2.34. The molecule has 0 saturated carbocycles. The van der Waals surface area contributed by atoms with Gasteiger partial charge in [0.2, 0.25) is 6.71 Å². The van der Waals surface area contributed by atoms with E-state index in [2.05, 4.69) is 186 Å². The third kappa shape index (κ3) is 8.81. The highest BCUT2D eigenvalue weighted by molar-refractivity contribution is 6.98. The van der Waals surface area contributed by atoms with E-state index >= 15 is 4.39 Å². The van der Waals surface area contributed by atoms with E-state index in [1.54, 1.807) is 6.07 Å². The highest BCUT2D eigenvalue weighted by Gasteiger charge is 2.32. The number of benzene rings is 11. The van der Waals surface area contributed by atoms with Crippen LogP contribution in [0.3, 0.4) is 0 Å². The number of hydrogen-bond acceptors (Lipinski definition) is 2. The van der Waals surface area contributed by atoms with Gasteiger partial charge in [0.15, 0.2) is 0 Å². The minimum atomic E-state index is -0.317. The molecule has 0 spiro atoms. The van der Waals surface area contributed by atoms with Crippen molar-refractivity contribution in [1.29, 1.82) is 0 Å². The summed E-state index contributed by atoms with van der Waals surface area (Å²) in [6, 6.07) is 78.2. The van der Waals surface area contributed by atoms with Crippen LogP contribution in [0.2, 0.25) is 0 Å². The maximum absolute atomic E-state index is 17.6. The minimum absolute atomic E-state index is 0. The van der Waals surface area contributed by atoms with Crippen molar-refractivity contribution in [3.05, 3.63) is 264 Å². The fourth-order valence-corrected chi connectivity index (χ4v) is 12.0. The predicted molar refractivity (Wildman–Crippen MR) is 319 cm³/mol. The van der Waals surface area contributed by atoms with Gasteiger partial charge in [0, 0.05) is 27.8 Å². The van der Waals surface area contributed by atoms with Gasteiger partial charge in [0.25, 0.3) is 0 Å². The number of aryl methyl sites for hydroxylation is 6. The minimum Gasteiger partial charge on any atom is -0.456 e. The van der Waals surface area contributed by atoms with Crippen molar-refractivity contribution in [2.75, 3.05) is 4.90 Å². The number of anilines is 3. The Kier molecular flexibility index (Phi) is 12.9. The summed E-state index contributed by atoms with van der Waals surface area (Å²) in [6.07, 6.45) is 0. The first-order chi connectivity index (χ1) is 36.1. The van der Waals surface area contributed by atoms with Gasteiger partial charge >= 0.3 is 0 Å². The van der Waals surface area contributed by atoms with Crippen molar-refractivity contribution in [2.45, 2.75) is 49.0 Å². The first-order valence-corrected chi connectivity index (χ1v) is 25.6. The number of rotatable bonds is 10. The number of nitrogens with zero attached hydrogens (tertiary/aromatic N) is 1. The lowest BCUT2D eigenvalue weighted by Gasteiger charge is -2.31.